The first-order valence-electron chi connectivity index (χ1n) is 23.0. The molecule has 17 nitrogen and oxygen atoms in total. The van der Waals surface area contributed by atoms with Gasteiger partial charge in [0.15, 0.2) is 0 Å². The smallest absolute Gasteiger partial charge is 0.303 e. The number of nitrogens with one attached hydrogen (secondary N) is 5. The Balaban J connectivity index is 1.40. The number of rotatable bonds is 22. The van der Waals surface area contributed by atoms with Crippen LogP contribution in [0.25, 0.3) is 10.8 Å². The Hall–Kier alpha value is -6.08. The quantitative estimate of drug-likeness (QED) is 0.0482. The first-order valence-corrected chi connectivity index (χ1v) is 25.4. The highest BCUT2D eigenvalue weighted by Gasteiger charge is 2.40. The summed E-state index contributed by atoms with van der Waals surface area (Å²) in [4.78, 5) is 97.6. The number of fused-ring (bicyclic) bond motifs is 1. The van der Waals surface area contributed by atoms with E-state index in [0.29, 0.717) is 18.4 Å². The number of benzene rings is 4. The predicted molar refractivity (Wildman–Crippen MR) is 266 cm³/mol. The fourth-order valence-corrected chi connectivity index (χ4v) is 9.27. The van der Waals surface area contributed by atoms with Gasteiger partial charge in [0, 0.05) is 36.4 Å². The number of carbonyl (C=O) groups excluding carboxylic acids is 6. The molecule has 5 atom stereocenters. The molecule has 70 heavy (non-hydrogen) atoms. The molecule has 0 aliphatic carbocycles. The van der Waals surface area contributed by atoms with E-state index in [2.05, 4.69) is 26.6 Å². The first-order chi connectivity index (χ1) is 33.0. The number of aliphatic carboxylic acids is 1. The summed E-state index contributed by atoms with van der Waals surface area (Å²) in [5, 5.41) is 25.3. The molecule has 1 heterocycles. The van der Waals surface area contributed by atoms with Crippen molar-refractivity contribution in [3.8, 4) is 0 Å². The highest BCUT2D eigenvalue weighted by Crippen LogP contribution is 2.24. The summed E-state index contributed by atoms with van der Waals surface area (Å²) in [7, 11) is -4.32. The SMILES string of the molecule is CCC[C@H](NC(=O)[C@H](Cc1ccc(CS(=O)(=O)O)cc1)NC(=O)c1cc(Cl)ccc1Cl)C(=O)N1CCC[C@H]1C(=O)N[C@@H](Cc1cccc2ccccc12)C(=O)N[C@@H](CCCC(=O)O)C(=O)NC(C)(C)C. The molecule has 0 saturated carbocycles. The van der Waals surface area contributed by atoms with Crippen molar-refractivity contribution in [2.24, 2.45) is 0 Å². The third-order valence-corrected chi connectivity index (χ3v) is 12.9. The van der Waals surface area contributed by atoms with E-state index in [0.717, 1.165) is 16.3 Å². The van der Waals surface area contributed by atoms with Crippen LogP contribution in [0.2, 0.25) is 10.0 Å². The number of hydrogen-bond acceptors (Lipinski definition) is 9. The maximum atomic E-state index is 14.6. The second-order valence-electron chi connectivity index (χ2n) is 18.4. The van der Waals surface area contributed by atoms with E-state index in [4.69, 9.17) is 23.2 Å². The minimum Gasteiger partial charge on any atom is -0.481 e. The van der Waals surface area contributed by atoms with Gasteiger partial charge in [-0.1, -0.05) is 103 Å². The number of halogens is 2. The van der Waals surface area contributed by atoms with Crippen LogP contribution >= 0.6 is 23.2 Å². The average Bonchev–Trinajstić information content (AvgIpc) is 3.78. The summed E-state index contributed by atoms with van der Waals surface area (Å²) in [6.45, 7) is 7.26. The summed E-state index contributed by atoms with van der Waals surface area (Å²) < 4.78 is 32.3. The van der Waals surface area contributed by atoms with Crippen LogP contribution < -0.4 is 26.6 Å². The fraction of sp³-hybridized carbons (Fsp3) is 0.420. The summed E-state index contributed by atoms with van der Waals surface area (Å²) in [5.41, 5.74) is 0.797. The number of carboxylic acids is 1. The van der Waals surface area contributed by atoms with Crippen molar-refractivity contribution in [1.29, 1.82) is 0 Å². The lowest BCUT2D eigenvalue weighted by molar-refractivity contribution is -0.142. The normalized spacial score (nSPS) is 15.5. The molecule has 0 unspecified atom stereocenters. The van der Waals surface area contributed by atoms with E-state index in [-0.39, 0.29) is 72.7 Å². The fourth-order valence-electron chi connectivity index (χ4n) is 8.28. The Morgan fingerprint density at radius 2 is 1.40 bits per heavy atom. The second kappa shape index (κ2) is 24.7. The average molecular weight is 1020 g/mol. The van der Waals surface area contributed by atoms with Crippen LogP contribution in [-0.4, -0.2) is 107 Å². The van der Waals surface area contributed by atoms with Gasteiger partial charge >= 0.3 is 5.97 Å². The summed E-state index contributed by atoms with van der Waals surface area (Å²) in [5.74, 6) is -5.63. The number of likely N-dealkylation sites (tertiary alicyclic amines) is 1. The molecule has 0 spiro atoms. The van der Waals surface area contributed by atoms with Crippen molar-refractivity contribution in [2.75, 3.05) is 6.54 Å². The number of carboxylic acid groups (broad SMARTS) is 1. The van der Waals surface area contributed by atoms with Gasteiger partial charge in [0.05, 0.1) is 10.6 Å². The number of amides is 6. The minimum absolute atomic E-state index is 0.00633. The molecule has 4 aromatic carbocycles. The summed E-state index contributed by atoms with van der Waals surface area (Å²) in [6, 6.07) is 17.4. The van der Waals surface area contributed by atoms with Gasteiger partial charge in [-0.3, -0.25) is 38.1 Å². The summed E-state index contributed by atoms with van der Waals surface area (Å²) >= 11 is 12.5. The van der Waals surface area contributed by atoms with Crippen molar-refractivity contribution >= 4 is 85.5 Å². The van der Waals surface area contributed by atoms with Crippen molar-refractivity contribution in [2.45, 2.75) is 127 Å². The van der Waals surface area contributed by atoms with Crippen LogP contribution in [0.5, 0.6) is 0 Å². The monoisotopic (exact) mass is 1020 g/mol. The van der Waals surface area contributed by atoms with Gasteiger partial charge in [0.25, 0.3) is 16.0 Å². The third-order valence-electron chi connectivity index (χ3n) is 11.6. The molecule has 0 bridgehead atoms. The van der Waals surface area contributed by atoms with E-state index in [1.54, 1.807) is 20.8 Å². The minimum atomic E-state index is -4.32. The zero-order chi connectivity index (χ0) is 51.3. The molecule has 376 valence electrons. The second-order valence-corrected chi connectivity index (χ2v) is 20.7. The van der Waals surface area contributed by atoms with Gasteiger partial charge in [-0.05, 0) is 98.5 Å². The highest BCUT2D eigenvalue weighted by molar-refractivity contribution is 7.85. The topological polar surface area (TPSA) is 257 Å². The molecule has 6 amide bonds. The Kier molecular flexibility index (Phi) is 19.3. The Morgan fingerprint density at radius 3 is 2.06 bits per heavy atom. The summed E-state index contributed by atoms with van der Waals surface area (Å²) in [6.07, 6.45) is 0.945. The van der Waals surface area contributed by atoms with Gasteiger partial charge in [-0.2, -0.15) is 8.42 Å². The number of nitrogens with zero attached hydrogens (tertiary/aromatic N) is 1. The standard InChI is InChI=1S/C50H60Cl2N6O11S/c1-5-11-39(54-45(62)40(55-44(61)36-28-34(51)23-24-37(36)52)26-30-19-21-31(22-20-30)29-70(67,68)69)49(66)58-25-10-17-42(58)48(65)56-41(27-33-14-8-13-32-12-6-7-15-35(32)33)46(63)53-38(16-9-18-43(59)60)47(64)57-50(2,3)4/h6-8,12-15,19-24,28,38-42H,5,9-11,16-18,25-27,29H2,1-4H3,(H,53,63)(H,54,62)(H,55,61)(H,56,65)(H,57,64)(H,59,60)(H,67,68,69)/t38-,39-,40-,41-,42-/m0/s1. The molecule has 0 aromatic heterocycles. The van der Waals surface area contributed by atoms with Crippen LogP contribution in [0.3, 0.4) is 0 Å². The van der Waals surface area contributed by atoms with Crippen LogP contribution in [0.15, 0.2) is 84.9 Å². The maximum absolute atomic E-state index is 14.6. The molecule has 5 rings (SSSR count). The van der Waals surface area contributed by atoms with Crippen molar-refractivity contribution < 1.29 is 51.6 Å². The van der Waals surface area contributed by atoms with Crippen molar-refractivity contribution in [3.63, 3.8) is 0 Å². The van der Waals surface area contributed by atoms with E-state index in [1.807, 2.05) is 49.4 Å². The number of carbonyl (C=O) groups is 7. The molecule has 4 aromatic rings. The lowest BCUT2D eigenvalue weighted by Crippen LogP contribution is -2.59. The van der Waals surface area contributed by atoms with E-state index < -0.39 is 93.0 Å². The lowest BCUT2D eigenvalue weighted by atomic mass is 9.97. The highest BCUT2D eigenvalue weighted by atomic mass is 35.5. The molecule has 0 radical (unpaired) electrons. The van der Waals surface area contributed by atoms with Crippen LogP contribution in [0.1, 0.15) is 99.7 Å². The zero-order valence-electron chi connectivity index (χ0n) is 39.4. The Labute approximate surface area is 417 Å². The Bertz CT molecular complexity index is 2670. The molecule has 1 aliphatic heterocycles. The van der Waals surface area contributed by atoms with E-state index in [1.165, 1.54) is 47.4 Å². The van der Waals surface area contributed by atoms with Gasteiger partial charge in [0.1, 0.15) is 36.0 Å². The van der Waals surface area contributed by atoms with Gasteiger partial charge < -0.3 is 36.6 Å². The molecule has 1 aliphatic rings. The van der Waals surface area contributed by atoms with Crippen molar-refractivity contribution in [1.82, 2.24) is 31.5 Å². The zero-order valence-corrected chi connectivity index (χ0v) is 41.8. The Morgan fingerprint density at radius 1 is 0.757 bits per heavy atom. The van der Waals surface area contributed by atoms with Gasteiger partial charge in [-0.25, -0.2) is 0 Å². The third kappa shape index (κ3) is 16.2. The lowest BCUT2D eigenvalue weighted by Gasteiger charge is -2.31. The molecule has 7 N–H and O–H groups in total. The van der Waals surface area contributed by atoms with Gasteiger partial charge in [-0.15, -0.1) is 0 Å². The van der Waals surface area contributed by atoms with Crippen LogP contribution in [0.4, 0.5) is 0 Å². The van der Waals surface area contributed by atoms with Crippen LogP contribution in [-0.2, 0) is 57.5 Å². The number of hydrogen-bond donors (Lipinski definition) is 7. The predicted octanol–water partition coefficient (Wildman–Crippen LogP) is 5.53. The molecule has 1 fully saturated rings. The maximum Gasteiger partial charge on any atom is 0.303 e. The molecule has 1 saturated heterocycles. The van der Waals surface area contributed by atoms with E-state index in [9.17, 15) is 51.6 Å². The largest absolute Gasteiger partial charge is 0.481 e. The van der Waals surface area contributed by atoms with Crippen LogP contribution in [0, 0.1) is 0 Å². The first kappa shape index (κ1) is 54.9. The van der Waals surface area contributed by atoms with E-state index >= 15 is 0 Å². The molecule has 20 heteroatoms. The van der Waals surface area contributed by atoms with Gasteiger partial charge in [0.2, 0.25) is 29.5 Å². The van der Waals surface area contributed by atoms with Crippen molar-refractivity contribution in [3.05, 3.63) is 117 Å². The molecular formula is C50H60Cl2N6O11S. The molecular weight excluding hydrogens is 964 g/mol.